The first-order valence-electron chi connectivity index (χ1n) is 4.30. The Morgan fingerprint density at radius 1 is 1.31 bits per heavy atom. The van der Waals surface area contributed by atoms with E-state index in [1.54, 1.807) is 20.4 Å². The molecule has 1 aliphatic rings. The van der Waals surface area contributed by atoms with Crippen LogP contribution in [0, 0.1) is 0 Å². The molecule has 2 rings (SSSR count). The molecular formula is C9H12N2O2. The van der Waals surface area contributed by atoms with Gasteiger partial charge < -0.3 is 9.47 Å². The molecule has 70 valence electrons. The quantitative estimate of drug-likeness (QED) is 0.704. The van der Waals surface area contributed by atoms with E-state index >= 15 is 0 Å². The van der Waals surface area contributed by atoms with Gasteiger partial charge in [-0.3, -0.25) is 0 Å². The molecule has 0 saturated heterocycles. The summed E-state index contributed by atoms with van der Waals surface area (Å²) in [6.45, 7) is 0. The van der Waals surface area contributed by atoms with Gasteiger partial charge in [-0.05, 0) is 12.8 Å². The Balaban J connectivity index is 2.33. The molecule has 0 aliphatic heterocycles. The zero-order valence-electron chi connectivity index (χ0n) is 7.78. The number of aromatic nitrogens is 2. The molecule has 0 amide bonds. The molecule has 0 N–H and O–H groups in total. The lowest BCUT2D eigenvalue weighted by molar-refractivity contribution is 0.356. The van der Waals surface area contributed by atoms with Crippen LogP contribution in [0.15, 0.2) is 6.20 Å². The van der Waals surface area contributed by atoms with Crippen molar-refractivity contribution in [3.63, 3.8) is 0 Å². The third-order valence-electron chi connectivity index (χ3n) is 2.11. The Morgan fingerprint density at radius 3 is 2.62 bits per heavy atom. The molecule has 13 heavy (non-hydrogen) atoms. The molecule has 1 aromatic rings. The molecule has 1 aromatic heterocycles. The number of rotatable bonds is 3. The molecule has 1 saturated carbocycles. The van der Waals surface area contributed by atoms with Crippen molar-refractivity contribution in [2.75, 3.05) is 14.2 Å². The van der Waals surface area contributed by atoms with Gasteiger partial charge in [-0.15, -0.1) is 0 Å². The standard InChI is InChI=1S/C9H12N2O2/c1-12-7-5-10-8(6-3-4-6)9(11-7)13-2/h5-6H,3-4H2,1-2H3. The molecule has 0 unspecified atom stereocenters. The highest BCUT2D eigenvalue weighted by Crippen LogP contribution is 2.42. The zero-order chi connectivity index (χ0) is 9.26. The van der Waals surface area contributed by atoms with Crippen molar-refractivity contribution >= 4 is 0 Å². The van der Waals surface area contributed by atoms with Crippen LogP contribution >= 0.6 is 0 Å². The van der Waals surface area contributed by atoms with E-state index in [0.717, 1.165) is 5.69 Å². The van der Waals surface area contributed by atoms with Crippen LogP contribution in [-0.2, 0) is 0 Å². The van der Waals surface area contributed by atoms with Crippen LogP contribution in [0.5, 0.6) is 11.8 Å². The molecular weight excluding hydrogens is 168 g/mol. The second-order valence-corrected chi connectivity index (χ2v) is 3.08. The number of ether oxygens (including phenoxy) is 2. The highest BCUT2D eigenvalue weighted by Gasteiger charge is 2.29. The average Bonchev–Trinajstić information content (AvgIpc) is 3.00. The van der Waals surface area contributed by atoms with Crippen LogP contribution in [0.4, 0.5) is 0 Å². The second-order valence-electron chi connectivity index (χ2n) is 3.08. The molecule has 1 heterocycles. The van der Waals surface area contributed by atoms with E-state index in [-0.39, 0.29) is 0 Å². The van der Waals surface area contributed by atoms with E-state index in [9.17, 15) is 0 Å². The minimum absolute atomic E-state index is 0.501. The lowest BCUT2D eigenvalue weighted by Crippen LogP contribution is -1.99. The molecule has 1 fully saturated rings. The maximum atomic E-state index is 5.14. The Labute approximate surface area is 76.9 Å². The smallest absolute Gasteiger partial charge is 0.238 e. The Bertz CT molecular complexity index is 310. The first kappa shape index (κ1) is 8.29. The van der Waals surface area contributed by atoms with Gasteiger partial charge >= 0.3 is 0 Å². The SMILES string of the molecule is COc1cnc(C2CC2)c(OC)n1. The Morgan fingerprint density at radius 2 is 2.08 bits per heavy atom. The van der Waals surface area contributed by atoms with Crippen molar-refractivity contribution in [3.8, 4) is 11.8 Å². The van der Waals surface area contributed by atoms with Gasteiger partial charge in [0, 0.05) is 5.92 Å². The predicted molar refractivity (Wildman–Crippen MR) is 47.1 cm³/mol. The predicted octanol–water partition coefficient (Wildman–Crippen LogP) is 1.37. The molecule has 0 bridgehead atoms. The van der Waals surface area contributed by atoms with E-state index in [1.165, 1.54) is 12.8 Å². The second kappa shape index (κ2) is 3.20. The van der Waals surface area contributed by atoms with Crippen LogP contribution in [0.1, 0.15) is 24.5 Å². The number of hydrogen-bond donors (Lipinski definition) is 0. The first-order valence-corrected chi connectivity index (χ1v) is 4.30. The molecule has 4 nitrogen and oxygen atoms in total. The Kier molecular flexibility index (Phi) is 2.04. The van der Waals surface area contributed by atoms with Gasteiger partial charge in [0.2, 0.25) is 11.8 Å². The van der Waals surface area contributed by atoms with E-state index in [4.69, 9.17) is 9.47 Å². The molecule has 0 atom stereocenters. The number of nitrogens with zero attached hydrogens (tertiary/aromatic N) is 2. The summed E-state index contributed by atoms with van der Waals surface area (Å²) in [7, 11) is 3.18. The average molecular weight is 180 g/mol. The minimum Gasteiger partial charge on any atom is -0.480 e. The molecule has 4 heteroatoms. The van der Waals surface area contributed by atoms with Gasteiger partial charge in [-0.2, -0.15) is 4.98 Å². The van der Waals surface area contributed by atoms with E-state index in [2.05, 4.69) is 9.97 Å². The number of methoxy groups -OCH3 is 2. The zero-order valence-corrected chi connectivity index (χ0v) is 7.78. The highest BCUT2D eigenvalue weighted by atomic mass is 16.5. The van der Waals surface area contributed by atoms with Gasteiger partial charge in [0.15, 0.2) is 0 Å². The summed E-state index contributed by atoms with van der Waals surface area (Å²) in [4.78, 5) is 8.43. The third kappa shape index (κ3) is 1.56. The van der Waals surface area contributed by atoms with Crippen LogP contribution in [0.2, 0.25) is 0 Å². The third-order valence-corrected chi connectivity index (χ3v) is 2.11. The molecule has 0 radical (unpaired) electrons. The van der Waals surface area contributed by atoms with Crippen LogP contribution < -0.4 is 9.47 Å². The van der Waals surface area contributed by atoms with Gasteiger partial charge in [-0.1, -0.05) is 0 Å². The Hall–Kier alpha value is -1.32. The van der Waals surface area contributed by atoms with Crippen molar-refractivity contribution in [2.24, 2.45) is 0 Å². The maximum absolute atomic E-state index is 5.14. The topological polar surface area (TPSA) is 44.2 Å². The summed E-state index contributed by atoms with van der Waals surface area (Å²) in [6, 6.07) is 0. The summed E-state index contributed by atoms with van der Waals surface area (Å²) < 4.78 is 10.1. The first-order chi connectivity index (χ1) is 6.35. The van der Waals surface area contributed by atoms with Gasteiger partial charge in [0.25, 0.3) is 0 Å². The van der Waals surface area contributed by atoms with Crippen LogP contribution in [0.25, 0.3) is 0 Å². The fraction of sp³-hybridized carbons (Fsp3) is 0.556. The van der Waals surface area contributed by atoms with Gasteiger partial charge in [-0.25, -0.2) is 4.98 Å². The van der Waals surface area contributed by atoms with Crippen molar-refractivity contribution in [2.45, 2.75) is 18.8 Å². The molecule has 0 aromatic carbocycles. The maximum Gasteiger partial charge on any atom is 0.238 e. The summed E-state index contributed by atoms with van der Waals surface area (Å²) in [5.74, 6) is 1.65. The van der Waals surface area contributed by atoms with Crippen molar-refractivity contribution in [1.29, 1.82) is 0 Å². The van der Waals surface area contributed by atoms with Crippen molar-refractivity contribution in [1.82, 2.24) is 9.97 Å². The molecule has 0 spiro atoms. The van der Waals surface area contributed by atoms with E-state index in [1.807, 2.05) is 0 Å². The highest BCUT2D eigenvalue weighted by molar-refractivity contribution is 5.28. The van der Waals surface area contributed by atoms with Crippen molar-refractivity contribution in [3.05, 3.63) is 11.9 Å². The molecule has 1 aliphatic carbocycles. The van der Waals surface area contributed by atoms with Crippen molar-refractivity contribution < 1.29 is 9.47 Å². The summed E-state index contributed by atoms with van der Waals surface area (Å²) in [5.41, 5.74) is 0.961. The minimum atomic E-state index is 0.501. The van der Waals surface area contributed by atoms with Crippen LogP contribution in [-0.4, -0.2) is 24.2 Å². The van der Waals surface area contributed by atoms with Gasteiger partial charge in [0.1, 0.15) is 5.69 Å². The van der Waals surface area contributed by atoms with E-state index in [0.29, 0.717) is 17.7 Å². The van der Waals surface area contributed by atoms with Crippen LogP contribution in [0.3, 0.4) is 0 Å². The van der Waals surface area contributed by atoms with E-state index < -0.39 is 0 Å². The fourth-order valence-electron chi connectivity index (χ4n) is 1.25. The fourth-order valence-corrected chi connectivity index (χ4v) is 1.25. The summed E-state index contributed by atoms with van der Waals surface area (Å²) in [5, 5.41) is 0. The number of hydrogen-bond acceptors (Lipinski definition) is 4. The summed E-state index contributed by atoms with van der Waals surface area (Å²) in [6.07, 6.45) is 4.02. The van der Waals surface area contributed by atoms with Gasteiger partial charge in [0.05, 0.1) is 20.4 Å². The lowest BCUT2D eigenvalue weighted by Gasteiger charge is -2.06. The monoisotopic (exact) mass is 180 g/mol. The normalized spacial score (nSPS) is 15.5. The summed E-state index contributed by atoms with van der Waals surface area (Å²) >= 11 is 0. The lowest BCUT2D eigenvalue weighted by atomic mass is 10.3. The largest absolute Gasteiger partial charge is 0.480 e.